The number of amides is 1. The second-order valence-corrected chi connectivity index (χ2v) is 8.71. The number of hydrogen-bond acceptors (Lipinski definition) is 3. The van der Waals surface area contributed by atoms with Crippen LogP contribution in [-0.2, 0) is 16.6 Å². The Hall–Kier alpha value is -1.60. The van der Waals surface area contributed by atoms with Crippen molar-refractivity contribution in [1.29, 1.82) is 0 Å². The summed E-state index contributed by atoms with van der Waals surface area (Å²) in [4.78, 5) is 14.3. The zero-order valence-electron chi connectivity index (χ0n) is 15.4. The van der Waals surface area contributed by atoms with Gasteiger partial charge in [-0.2, -0.15) is 4.31 Å². The molecule has 0 aliphatic rings. The van der Waals surface area contributed by atoms with Crippen LogP contribution in [0.5, 0.6) is 0 Å². The third-order valence-corrected chi connectivity index (χ3v) is 7.15. The van der Waals surface area contributed by atoms with Crippen LogP contribution >= 0.6 is 23.2 Å². The molecule has 2 rings (SSSR count). The fraction of sp³-hybridized carbons (Fsp3) is 0.316. The van der Waals surface area contributed by atoms with Crippen molar-refractivity contribution in [2.24, 2.45) is 0 Å². The summed E-state index contributed by atoms with van der Waals surface area (Å²) in [6.07, 6.45) is 0. The summed E-state index contributed by atoms with van der Waals surface area (Å²) in [5.41, 5.74) is 1.13. The molecule has 0 spiro atoms. The van der Waals surface area contributed by atoms with Crippen molar-refractivity contribution in [3.05, 3.63) is 63.6 Å². The van der Waals surface area contributed by atoms with Crippen molar-refractivity contribution in [1.82, 2.24) is 9.21 Å². The third kappa shape index (κ3) is 4.82. The van der Waals surface area contributed by atoms with E-state index in [9.17, 15) is 13.2 Å². The molecule has 27 heavy (non-hydrogen) atoms. The molecular formula is C19H22Cl2N2O3S. The molecule has 0 bridgehead atoms. The predicted molar refractivity (Wildman–Crippen MR) is 109 cm³/mol. The van der Waals surface area contributed by atoms with Gasteiger partial charge in [-0.15, -0.1) is 0 Å². The average molecular weight is 429 g/mol. The molecule has 2 aromatic rings. The molecule has 0 atom stereocenters. The zero-order chi connectivity index (χ0) is 20.2. The lowest BCUT2D eigenvalue weighted by molar-refractivity contribution is 0.0785. The molecule has 0 N–H and O–H groups in total. The summed E-state index contributed by atoms with van der Waals surface area (Å²) < 4.78 is 26.4. The summed E-state index contributed by atoms with van der Waals surface area (Å²) >= 11 is 12.2. The number of rotatable bonds is 7. The smallest absolute Gasteiger partial charge is 0.253 e. The van der Waals surface area contributed by atoms with Gasteiger partial charge in [-0.3, -0.25) is 4.79 Å². The molecule has 0 aromatic heterocycles. The van der Waals surface area contributed by atoms with Crippen LogP contribution < -0.4 is 0 Å². The van der Waals surface area contributed by atoms with E-state index in [4.69, 9.17) is 23.2 Å². The molecule has 2 aromatic carbocycles. The molecule has 5 nitrogen and oxygen atoms in total. The van der Waals surface area contributed by atoms with Gasteiger partial charge in [0.25, 0.3) is 5.91 Å². The lowest BCUT2D eigenvalue weighted by Crippen LogP contribution is -2.30. The fourth-order valence-electron chi connectivity index (χ4n) is 2.70. The minimum absolute atomic E-state index is 0.170. The third-order valence-electron chi connectivity index (χ3n) is 4.23. The first-order chi connectivity index (χ1) is 12.7. The number of nitrogens with zero attached hydrogens (tertiary/aromatic N) is 2. The van der Waals surface area contributed by atoms with Crippen LogP contribution in [0.1, 0.15) is 29.8 Å². The van der Waals surface area contributed by atoms with Crippen LogP contribution in [0.3, 0.4) is 0 Å². The molecule has 0 saturated heterocycles. The highest BCUT2D eigenvalue weighted by atomic mass is 35.5. The van der Waals surface area contributed by atoms with Crippen LogP contribution in [0.4, 0.5) is 0 Å². The summed E-state index contributed by atoms with van der Waals surface area (Å²) in [5, 5.41) is 0.848. The van der Waals surface area contributed by atoms with Crippen molar-refractivity contribution >= 4 is 39.1 Å². The van der Waals surface area contributed by atoms with Gasteiger partial charge in [-0.1, -0.05) is 49.2 Å². The highest BCUT2D eigenvalue weighted by Crippen LogP contribution is 2.26. The Labute approximate surface area is 170 Å². The Morgan fingerprint density at radius 3 is 2.15 bits per heavy atom. The molecule has 146 valence electrons. The maximum atomic E-state index is 12.6. The first-order valence-corrected chi connectivity index (χ1v) is 10.7. The van der Waals surface area contributed by atoms with Crippen LogP contribution in [0, 0.1) is 0 Å². The lowest BCUT2D eigenvalue weighted by Gasteiger charge is -2.20. The van der Waals surface area contributed by atoms with E-state index < -0.39 is 10.0 Å². The van der Waals surface area contributed by atoms with Gasteiger partial charge in [-0.25, -0.2) is 8.42 Å². The number of halogens is 2. The van der Waals surface area contributed by atoms with Crippen molar-refractivity contribution in [2.75, 3.05) is 20.1 Å². The van der Waals surface area contributed by atoms with Crippen LogP contribution in [0.25, 0.3) is 0 Å². The monoisotopic (exact) mass is 428 g/mol. The largest absolute Gasteiger partial charge is 0.337 e. The normalized spacial score (nSPS) is 11.6. The number of carbonyl (C=O) groups is 1. The Morgan fingerprint density at radius 1 is 1.00 bits per heavy atom. The Bertz CT molecular complexity index is 911. The van der Waals surface area contributed by atoms with Crippen molar-refractivity contribution in [3.63, 3.8) is 0 Å². The van der Waals surface area contributed by atoms with Gasteiger partial charge in [-0.05, 0) is 35.9 Å². The van der Waals surface area contributed by atoms with Gasteiger partial charge >= 0.3 is 0 Å². The number of hydrogen-bond donors (Lipinski definition) is 0. The summed E-state index contributed by atoms with van der Waals surface area (Å²) in [6, 6.07) is 11.2. The van der Waals surface area contributed by atoms with Gasteiger partial charge in [0.05, 0.1) is 14.9 Å². The number of sulfonamides is 1. The molecule has 0 radical (unpaired) electrons. The molecule has 1 amide bonds. The van der Waals surface area contributed by atoms with Gasteiger partial charge < -0.3 is 4.90 Å². The molecular weight excluding hydrogens is 407 g/mol. The maximum absolute atomic E-state index is 12.6. The van der Waals surface area contributed by atoms with Crippen LogP contribution in [0.15, 0.2) is 47.4 Å². The van der Waals surface area contributed by atoms with Gasteiger partial charge in [0, 0.05) is 32.2 Å². The van der Waals surface area contributed by atoms with E-state index in [1.54, 1.807) is 39.1 Å². The second-order valence-electron chi connectivity index (χ2n) is 5.99. The quantitative estimate of drug-likeness (QED) is 0.660. The van der Waals surface area contributed by atoms with Crippen molar-refractivity contribution in [3.8, 4) is 0 Å². The van der Waals surface area contributed by atoms with E-state index in [1.807, 2.05) is 0 Å². The van der Waals surface area contributed by atoms with Crippen molar-refractivity contribution in [2.45, 2.75) is 25.3 Å². The maximum Gasteiger partial charge on any atom is 0.253 e. The summed E-state index contributed by atoms with van der Waals surface area (Å²) in [6.45, 7) is 4.65. The molecule has 0 unspecified atom stereocenters. The molecule has 0 aliphatic heterocycles. The Kier molecular flexibility index (Phi) is 7.28. The van der Waals surface area contributed by atoms with E-state index >= 15 is 0 Å². The zero-order valence-corrected chi connectivity index (χ0v) is 17.8. The van der Waals surface area contributed by atoms with Crippen LogP contribution in [0.2, 0.25) is 10.0 Å². The average Bonchev–Trinajstić information content (AvgIpc) is 2.65. The molecule has 0 aliphatic carbocycles. The van der Waals surface area contributed by atoms with Crippen LogP contribution in [-0.4, -0.2) is 43.7 Å². The van der Waals surface area contributed by atoms with E-state index in [0.29, 0.717) is 28.7 Å². The van der Waals surface area contributed by atoms with Gasteiger partial charge in [0.15, 0.2) is 0 Å². The van der Waals surface area contributed by atoms with E-state index in [1.165, 1.54) is 33.5 Å². The van der Waals surface area contributed by atoms with Gasteiger partial charge in [0.1, 0.15) is 0 Å². The molecule has 0 fully saturated rings. The van der Waals surface area contributed by atoms with Gasteiger partial charge in [0.2, 0.25) is 10.0 Å². The summed E-state index contributed by atoms with van der Waals surface area (Å²) in [7, 11) is -1.89. The minimum atomic E-state index is -3.55. The highest BCUT2D eigenvalue weighted by molar-refractivity contribution is 7.89. The molecule has 8 heteroatoms. The molecule has 0 heterocycles. The Morgan fingerprint density at radius 2 is 1.59 bits per heavy atom. The Balaban J connectivity index is 2.19. The van der Waals surface area contributed by atoms with E-state index in [0.717, 1.165) is 5.56 Å². The SMILES string of the molecule is CCN(CC)S(=O)(=O)c1ccc(C(=O)N(C)Cc2cccc(Cl)c2Cl)cc1. The molecule has 0 saturated carbocycles. The first kappa shape index (κ1) is 21.7. The van der Waals surface area contributed by atoms with Crippen molar-refractivity contribution < 1.29 is 13.2 Å². The topological polar surface area (TPSA) is 57.7 Å². The van der Waals surface area contributed by atoms with E-state index in [2.05, 4.69) is 0 Å². The fourth-order valence-corrected chi connectivity index (χ4v) is 4.54. The first-order valence-electron chi connectivity index (χ1n) is 8.50. The standard InChI is InChI=1S/C19H22Cl2N2O3S/c1-4-23(5-2)27(25,26)16-11-9-14(10-12-16)19(24)22(3)13-15-7-6-8-17(20)18(15)21/h6-12H,4-5,13H2,1-3H3. The lowest BCUT2D eigenvalue weighted by atomic mass is 10.1. The second kappa shape index (κ2) is 9.06. The highest BCUT2D eigenvalue weighted by Gasteiger charge is 2.22. The van der Waals surface area contributed by atoms with E-state index in [-0.39, 0.29) is 17.3 Å². The summed E-state index contributed by atoms with van der Waals surface area (Å²) in [5.74, 6) is -0.238. The minimum Gasteiger partial charge on any atom is -0.337 e. The number of carbonyl (C=O) groups excluding carboxylic acids is 1. The predicted octanol–water partition coefficient (Wildman–Crippen LogP) is 4.30. The number of benzene rings is 2.